The van der Waals surface area contributed by atoms with E-state index in [2.05, 4.69) is 5.32 Å². The Bertz CT molecular complexity index is 918. The molecule has 0 radical (unpaired) electrons. The first-order valence-electron chi connectivity index (χ1n) is 10.6. The molecule has 1 N–H and O–H groups in total. The van der Waals surface area contributed by atoms with Crippen LogP contribution in [-0.4, -0.2) is 38.2 Å². The van der Waals surface area contributed by atoms with Gasteiger partial charge in [0.25, 0.3) is 0 Å². The van der Waals surface area contributed by atoms with Crippen molar-refractivity contribution in [2.75, 3.05) is 20.8 Å². The molecule has 166 valence electrons. The van der Waals surface area contributed by atoms with E-state index in [9.17, 15) is 9.59 Å². The summed E-state index contributed by atoms with van der Waals surface area (Å²) in [5, 5.41) is 3.70. The number of nitrogens with one attached hydrogen (secondary N) is 1. The van der Waals surface area contributed by atoms with Crippen molar-refractivity contribution >= 4 is 23.5 Å². The van der Waals surface area contributed by atoms with Crippen molar-refractivity contribution in [2.45, 2.75) is 44.6 Å². The molecule has 0 heterocycles. The van der Waals surface area contributed by atoms with Crippen LogP contribution in [0.1, 0.15) is 36.8 Å². The summed E-state index contributed by atoms with van der Waals surface area (Å²) in [6.45, 7) is 2.65. The lowest BCUT2D eigenvalue weighted by Crippen LogP contribution is -2.57. The van der Waals surface area contributed by atoms with E-state index in [0.29, 0.717) is 30.4 Å². The summed E-state index contributed by atoms with van der Waals surface area (Å²) in [6, 6.07) is 13.7. The van der Waals surface area contributed by atoms with Crippen molar-refractivity contribution in [2.24, 2.45) is 5.92 Å². The number of aryl methyl sites for hydroxylation is 1. The molecule has 0 aromatic heterocycles. The molecule has 31 heavy (non-hydrogen) atoms. The van der Waals surface area contributed by atoms with Crippen molar-refractivity contribution < 1.29 is 19.1 Å². The maximum Gasteiger partial charge on any atom is 0.331 e. The SMILES string of the molecule is COCC1CCC(NC(=O)Cc2cc(-c3ccc(Cl)cc3)ccc2C)(C(=O)OC)CC1. The average Bonchev–Trinajstić information content (AvgIpc) is 2.77. The van der Waals surface area contributed by atoms with Crippen LogP contribution >= 0.6 is 11.6 Å². The molecule has 3 rings (SSSR count). The van der Waals surface area contributed by atoms with Crippen LogP contribution in [0.2, 0.25) is 5.02 Å². The van der Waals surface area contributed by atoms with Crippen molar-refractivity contribution in [3.05, 3.63) is 58.6 Å². The zero-order valence-corrected chi connectivity index (χ0v) is 19.1. The lowest BCUT2D eigenvalue weighted by molar-refractivity contribution is -0.153. The molecular weight excluding hydrogens is 414 g/mol. The van der Waals surface area contributed by atoms with Crippen LogP contribution in [0.25, 0.3) is 11.1 Å². The van der Waals surface area contributed by atoms with Crippen LogP contribution in [0.5, 0.6) is 0 Å². The third kappa shape index (κ3) is 5.66. The Morgan fingerprint density at radius 2 is 1.71 bits per heavy atom. The minimum atomic E-state index is -0.961. The molecule has 0 aliphatic heterocycles. The number of hydrogen-bond acceptors (Lipinski definition) is 4. The van der Waals surface area contributed by atoms with Gasteiger partial charge in [-0.25, -0.2) is 4.79 Å². The highest BCUT2D eigenvalue weighted by Crippen LogP contribution is 2.33. The number of amides is 1. The van der Waals surface area contributed by atoms with Crippen molar-refractivity contribution in [3.63, 3.8) is 0 Å². The van der Waals surface area contributed by atoms with E-state index in [-0.39, 0.29) is 18.3 Å². The van der Waals surface area contributed by atoms with E-state index in [1.54, 1.807) is 7.11 Å². The smallest absolute Gasteiger partial charge is 0.331 e. The summed E-state index contributed by atoms with van der Waals surface area (Å²) in [6.07, 6.45) is 2.95. The van der Waals surface area contributed by atoms with Crippen LogP contribution in [0.15, 0.2) is 42.5 Å². The fourth-order valence-electron chi connectivity index (χ4n) is 4.32. The van der Waals surface area contributed by atoms with Crippen molar-refractivity contribution in [3.8, 4) is 11.1 Å². The standard InChI is InChI=1S/C25H30ClNO4/c1-17-4-5-20(19-6-8-22(26)9-7-19)14-21(17)15-23(28)27-25(24(29)31-3)12-10-18(11-13-25)16-30-2/h4-9,14,18H,10-13,15-16H2,1-3H3,(H,27,28). The monoisotopic (exact) mass is 443 g/mol. The molecule has 0 saturated heterocycles. The van der Waals surface area contributed by atoms with Gasteiger partial charge >= 0.3 is 5.97 Å². The highest BCUT2D eigenvalue weighted by molar-refractivity contribution is 6.30. The average molecular weight is 444 g/mol. The minimum absolute atomic E-state index is 0.174. The molecule has 2 aromatic carbocycles. The summed E-state index contributed by atoms with van der Waals surface area (Å²) < 4.78 is 10.3. The lowest BCUT2D eigenvalue weighted by atomic mass is 9.76. The molecule has 5 nitrogen and oxygen atoms in total. The van der Waals surface area contributed by atoms with E-state index in [4.69, 9.17) is 21.1 Å². The van der Waals surface area contributed by atoms with Gasteiger partial charge in [-0.15, -0.1) is 0 Å². The second-order valence-electron chi connectivity index (χ2n) is 8.35. The Labute approximate surface area is 189 Å². The second-order valence-corrected chi connectivity index (χ2v) is 8.78. The predicted octanol–water partition coefficient (Wildman–Crippen LogP) is 4.72. The molecular formula is C25H30ClNO4. The highest BCUT2D eigenvalue weighted by Gasteiger charge is 2.44. The first-order valence-corrected chi connectivity index (χ1v) is 11.0. The first kappa shape index (κ1) is 23.3. The van der Waals surface area contributed by atoms with E-state index in [0.717, 1.165) is 35.1 Å². The fourth-order valence-corrected chi connectivity index (χ4v) is 4.44. The Kier molecular flexibility index (Phi) is 7.74. The number of benzene rings is 2. The number of esters is 1. The summed E-state index contributed by atoms with van der Waals surface area (Å²) >= 11 is 6.00. The van der Waals surface area contributed by atoms with Gasteiger partial charge in [0.2, 0.25) is 5.91 Å². The van der Waals surface area contributed by atoms with Crippen molar-refractivity contribution in [1.82, 2.24) is 5.32 Å². The largest absolute Gasteiger partial charge is 0.467 e. The summed E-state index contributed by atoms with van der Waals surface area (Å²) in [5.41, 5.74) is 3.06. The molecule has 6 heteroatoms. The third-order valence-electron chi connectivity index (χ3n) is 6.19. The van der Waals surface area contributed by atoms with Gasteiger partial charge in [-0.2, -0.15) is 0 Å². The second kappa shape index (κ2) is 10.3. The molecule has 2 aromatic rings. The van der Waals surface area contributed by atoms with E-state index >= 15 is 0 Å². The fraction of sp³-hybridized carbons (Fsp3) is 0.440. The van der Waals surface area contributed by atoms with Gasteiger partial charge in [0.1, 0.15) is 5.54 Å². The maximum absolute atomic E-state index is 13.0. The van der Waals surface area contributed by atoms with Crippen LogP contribution in [-0.2, 0) is 25.5 Å². The number of methoxy groups -OCH3 is 2. The Balaban J connectivity index is 1.74. The van der Waals surface area contributed by atoms with Crippen LogP contribution in [0.4, 0.5) is 0 Å². The highest BCUT2D eigenvalue weighted by atomic mass is 35.5. The van der Waals surface area contributed by atoms with E-state index in [1.165, 1.54) is 7.11 Å². The lowest BCUT2D eigenvalue weighted by Gasteiger charge is -2.38. The Morgan fingerprint density at radius 1 is 1.06 bits per heavy atom. The summed E-state index contributed by atoms with van der Waals surface area (Å²) in [5.74, 6) is -0.145. The zero-order chi connectivity index (χ0) is 22.4. The maximum atomic E-state index is 13.0. The Morgan fingerprint density at radius 3 is 2.32 bits per heavy atom. The topological polar surface area (TPSA) is 64.6 Å². The molecule has 1 saturated carbocycles. The van der Waals surface area contributed by atoms with E-state index < -0.39 is 5.54 Å². The number of halogens is 1. The number of carbonyl (C=O) groups is 2. The minimum Gasteiger partial charge on any atom is -0.467 e. The zero-order valence-electron chi connectivity index (χ0n) is 18.4. The number of hydrogen-bond donors (Lipinski definition) is 1. The predicted molar refractivity (Wildman–Crippen MR) is 122 cm³/mol. The molecule has 1 aliphatic carbocycles. The van der Waals surface area contributed by atoms with Gasteiger partial charge in [0.15, 0.2) is 0 Å². The van der Waals surface area contributed by atoms with Gasteiger partial charge in [-0.3, -0.25) is 4.79 Å². The molecule has 0 bridgehead atoms. The van der Waals surface area contributed by atoms with Crippen LogP contribution < -0.4 is 5.32 Å². The first-order chi connectivity index (χ1) is 14.9. The molecule has 1 aliphatic rings. The summed E-state index contributed by atoms with van der Waals surface area (Å²) in [7, 11) is 3.06. The molecule has 1 amide bonds. The molecule has 0 atom stereocenters. The van der Waals surface area contributed by atoms with Gasteiger partial charge < -0.3 is 14.8 Å². The van der Waals surface area contributed by atoms with Gasteiger partial charge in [0, 0.05) is 18.7 Å². The molecule has 1 fully saturated rings. The number of carbonyl (C=O) groups excluding carboxylic acids is 2. The normalized spacial score (nSPS) is 20.8. The molecule has 0 unspecified atom stereocenters. The van der Waals surface area contributed by atoms with Crippen molar-refractivity contribution in [1.29, 1.82) is 0 Å². The van der Waals surface area contributed by atoms with Gasteiger partial charge in [-0.05, 0) is 72.9 Å². The van der Waals surface area contributed by atoms with Crippen LogP contribution in [0.3, 0.4) is 0 Å². The quantitative estimate of drug-likeness (QED) is 0.628. The van der Waals surface area contributed by atoms with E-state index in [1.807, 2.05) is 49.4 Å². The number of rotatable bonds is 7. The number of ether oxygens (including phenoxy) is 2. The summed E-state index contributed by atoms with van der Waals surface area (Å²) in [4.78, 5) is 25.6. The third-order valence-corrected chi connectivity index (χ3v) is 6.45. The molecule has 0 spiro atoms. The Hall–Kier alpha value is -2.37. The van der Waals surface area contributed by atoms with Gasteiger partial charge in [-0.1, -0.05) is 41.9 Å². The van der Waals surface area contributed by atoms with Crippen LogP contribution in [0, 0.1) is 12.8 Å². The van der Waals surface area contributed by atoms with Gasteiger partial charge in [0.05, 0.1) is 13.5 Å².